The summed E-state index contributed by atoms with van der Waals surface area (Å²) in [5.41, 5.74) is 0.898. The van der Waals surface area contributed by atoms with Crippen LogP contribution in [0.2, 0.25) is 0 Å². The van der Waals surface area contributed by atoms with Crippen molar-refractivity contribution in [1.82, 2.24) is 14.7 Å². The number of ether oxygens (including phenoxy) is 1. The van der Waals surface area contributed by atoms with Crippen LogP contribution in [0, 0.1) is 6.92 Å². The van der Waals surface area contributed by atoms with E-state index in [1.54, 1.807) is 11.6 Å². The van der Waals surface area contributed by atoms with Crippen LogP contribution in [0.15, 0.2) is 6.20 Å². The van der Waals surface area contributed by atoms with E-state index >= 15 is 0 Å². The van der Waals surface area contributed by atoms with Gasteiger partial charge in [-0.1, -0.05) is 0 Å². The quantitative estimate of drug-likeness (QED) is 0.850. The average Bonchev–Trinajstić information content (AvgIpc) is 2.74. The van der Waals surface area contributed by atoms with E-state index < -0.39 is 5.97 Å². The summed E-state index contributed by atoms with van der Waals surface area (Å²) in [5.74, 6) is -1.40. The third-order valence-electron chi connectivity index (χ3n) is 3.05. The van der Waals surface area contributed by atoms with Gasteiger partial charge in [0.05, 0.1) is 23.9 Å². The molecule has 1 aromatic rings. The highest BCUT2D eigenvalue weighted by Crippen LogP contribution is 2.19. The lowest BCUT2D eigenvalue weighted by molar-refractivity contribution is -0.137. The first-order valence-electron chi connectivity index (χ1n) is 6.73. The fourth-order valence-electron chi connectivity index (χ4n) is 2.08. The van der Waals surface area contributed by atoms with E-state index in [4.69, 9.17) is 9.84 Å². The molecule has 0 aromatic carbocycles. The summed E-state index contributed by atoms with van der Waals surface area (Å²) in [6.07, 6.45) is 1.49. The number of hydrogen-bond donors (Lipinski definition) is 1. The number of carboxylic acids is 1. The van der Waals surface area contributed by atoms with Gasteiger partial charge in [0.15, 0.2) is 0 Å². The van der Waals surface area contributed by atoms with Gasteiger partial charge >= 0.3 is 5.97 Å². The number of carboxylic acid groups (broad SMARTS) is 1. The van der Waals surface area contributed by atoms with Gasteiger partial charge in [0.1, 0.15) is 6.54 Å². The van der Waals surface area contributed by atoms with Gasteiger partial charge in [-0.2, -0.15) is 5.10 Å². The van der Waals surface area contributed by atoms with Crippen molar-refractivity contribution in [3.63, 3.8) is 0 Å². The number of carbonyl (C=O) groups is 2. The second-order valence-corrected chi connectivity index (χ2v) is 5.84. The van der Waals surface area contributed by atoms with Gasteiger partial charge in [0.25, 0.3) is 5.91 Å². The van der Waals surface area contributed by atoms with Crippen LogP contribution in [0.25, 0.3) is 0 Å². The summed E-state index contributed by atoms with van der Waals surface area (Å²) in [6.45, 7) is 7.92. The molecule has 0 atom stereocenters. The molecule has 1 aromatic heterocycles. The van der Waals surface area contributed by atoms with Crippen LogP contribution < -0.4 is 0 Å². The molecule has 118 valence electrons. The van der Waals surface area contributed by atoms with Gasteiger partial charge in [-0.3, -0.25) is 14.3 Å². The van der Waals surface area contributed by atoms with Crippen LogP contribution in [0.3, 0.4) is 0 Å². The van der Waals surface area contributed by atoms with E-state index in [0.29, 0.717) is 5.56 Å². The SMILES string of the molecule is COCCN(CC(=O)O)C(=O)c1cnn(C(C)(C)C)c1C. The highest BCUT2D eigenvalue weighted by molar-refractivity contribution is 5.96. The molecular weight excluding hydrogens is 274 g/mol. The topological polar surface area (TPSA) is 84.7 Å². The molecule has 0 saturated heterocycles. The van der Waals surface area contributed by atoms with E-state index in [-0.39, 0.29) is 31.1 Å². The number of carbonyl (C=O) groups excluding carboxylic acids is 1. The molecular formula is C14H23N3O4. The molecule has 7 heteroatoms. The third kappa shape index (κ3) is 4.29. The molecule has 21 heavy (non-hydrogen) atoms. The normalized spacial score (nSPS) is 11.5. The largest absolute Gasteiger partial charge is 0.480 e. The van der Waals surface area contributed by atoms with Crippen LogP contribution in [0.4, 0.5) is 0 Å². The summed E-state index contributed by atoms with van der Waals surface area (Å²) < 4.78 is 6.68. The molecule has 0 aliphatic carbocycles. The van der Waals surface area contributed by atoms with Gasteiger partial charge in [-0.25, -0.2) is 0 Å². The fraction of sp³-hybridized carbons (Fsp3) is 0.643. The first kappa shape index (κ1) is 17.2. The first-order valence-corrected chi connectivity index (χ1v) is 6.73. The predicted molar refractivity (Wildman–Crippen MR) is 77.4 cm³/mol. The Morgan fingerprint density at radius 1 is 1.43 bits per heavy atom. The Balaban J connectivity index is 3.03. The van der Waals surface area contributed by atoms with Gasteiger partial charge in [0.2, 0.25) is 0 Å². The van der Waals surface area contributed by atoms with Crippen molar-refractivity contribution in [1.29, 1.82) is 0 Å². The van der Waals surface area contributed by atoms with Crippen LogP contribution in [0.1, 0.15) is 36.8 Å². The Labute approximate surface area is 124 Å². The minimum absolute atomic E-state index is 0.224. The molecule has 0 saturated carbocycles. The molecule has 1 heterocycles. The molecule has 0 spiro atoms. The van der Waals surface area contributed by atoms with Gasteiger partial charge < -0.3 is 14.7 Å². The van der Waals surface area contributed by atoms with Crippen molar-refractivity contribution in [3.8, 4) is 0 Å². The lowest BCUT2D eigenvalue weighted by Crippen LogP contribution is -2.38. The Bertz CT molecular complexity index is 517. The number of hydrogen-bond acceptors (Lipinski definition) is 4. The molecule has 0 aliphatic heterocycles. The van der Waals surface area contributed by atoms with Crippen molar-refractivity contribution in [3.05, 3.63) is 17.5 Å². The first-order chi connectivity index (χ1) is 9.68. The second kappa shape index (κ2) is 6.71. The Morgan fingerprint density at radius 2 is 2.05 bits per heavy atom. The van der Waals surface area contributed by atoms with Crippen LogP contribution >= 0.6 is 0 Å². The summed E-state index contributed by atoms with van der Waals surface area (Å²) in [6, 6.07) is 0. The smallest absolute Gasteiger partial charge is 0.323 e. The maximum absolute atomic E-state index is 12.5. The lowest BCUT2D eigenvalue weighted by Gasteiger charge is -2.23. The highest BCUT2D eigenvalue weighted by Gasteiger charge is 2.25. The Kier molecular flexibility index (Phi) is 5.48. The van der Waals surface area contributed by atoms with Gasteiger partial charge in [0, 0.05) is 19.3 Å². The Hall–Kier alpha value is -1.89. The van der Waals surface area contributed by atoms with E-state index in [1.807, 2.05) is 20.8 Å². The predicted octanol–water partition coefficient (Wildman–Crippen LogP) is 1.12. The molecule has 7 nitrogen and oxygen atoms in total. The average molecular weight is 297 g/mol. The maximum Gasteiger partial charge on any atom is 0.323 e. The molecule has 1 amide bonds. The molecule has 1 rings (SSSR count). The summed E-state index contributed by atoms with van der Waals surface area (Å²) in [5, 5.41) is 13.2. The fourth-order valence-corrected chi connectivity index (χ4v) is 2.08. The second-order valence-electron chi connectivity index (χ2n) is 5.84. The zero-order valence-electron chi connectivity index (χ0n) is 13.2. The Morgan fingerprint density at radius 3 is 2.48 bits per heavy atom. The van der Waals surface area contributed by atoms with Gasteiger partial charge in [-0.05, 0) is 27.7 Å². The molecule has 0 radical (unpaired) electrons. The maximum atomic E-state index is 12.5. The number of rotatable bonds is 6. The molecule has 1 N–H and O–H groups in total. The zero-order chi connectivity index (χ0) is 16.2. The van der Waals surface area contributed by atoms with Gasteiger partial charge in [-0.15, -0.1) is 0 Å². The van der Waals surface area contributed by atoms with Crippen molar-refractivity contribution < 1.29 is 19.4 Å². The molecule has 0 fully saturated rings. The lowest BCUT2D eigenvalue weighted by atomic mass is 10.1. The van der Waals surface area contributed by atoms with Crippen molar-refractivity contribution >= 4 is 11.9 Å². The van der Waals surface area contributed by atoms with E-state index in [1.165, 1.54) is 18.2 Å². The standard InChI is InChI=1S/C14H23N3O4/c1-10-11(8-15-17(10)14(2,3)4)13(20)16(6-7-21-5)9-12(18)19/h8H,6-7,9H2,1-5H3,(H,18,19). The van der Waals surface area contributed by atoms with Crippen molar-refractivity contribution in [2.45, 2.75) is 33.2 Å². The third-order valence-corrected chi connectivity index (χ3v) is 3.05. The minimum Gasteiger partial charge on any atom is -0.480 e. The molecule has 0 bridgehead atoms. The number of aromatic nitrogens is 2. The van der Waals surface area contributed by atoms with Crippen LogP contribution in [-0.2, 0) is 15.1 Å². The van der Waals surface area contributed by atoms with E-state index in [0.717, 1.165) is 5.69 Å². The van der Waals surface area contributed by atoms with Crippen LogP contribution in [0.5, 0.6) is 0 Å². The van der Waals surface area contributed by atoms with Crippen LogP contribution in [-0.4, -0.2) is 58.5 Å². The van der Waals surface area contributed by atoms with Crippen molar-refractivity contribution in [2.75, 3.05) is 26.8 Å². The number of methoxy groups -OCH3 is 1. The number of aliphatic carboxylic acids is 1. The number of amides is 1. The number of nitrogens with zero attached hydrogens (tertiary/aromatic N) is 3. The summed E-state index contributed by atoms with van der Waals surface area (Å²) in [4.78, 5) is 24.7. The van der Waals surface area contributed by atoms with E-state index in [2.05, 4.69) is 5.10 Å². The summed E-state index contributed by atoms with van der Waals surface area (Å²) >= 11 is 0. The summed E-state index contributed by atoms with van der Waals surface area (Å²) in [7, 11) is 1.51. The minimum atomic E-state index is -1.06. The monoisotopic (exact) mass is 297 g/mol. The van der Waals surface area contributed by atoms with Crippen molar-refractivity contribution in [2.24, 2.45) is 0 Å². The molecule has 0 aliphatic rings. The zero-order valence-corrected chi connectivity index (χ0v) is 13.2. The molecule has 0 unspecified atom stereocenters. The van der Waals surface area contributed by atoms with E-state index in [9.17, 15) is 9.59 Å². The highest BCUT2D eigenvalue weighted by atomic mass is 16.5.